The van der Waals surface area contributed by atoms with Crippen molar-refractivity contribution in [1.29, 1.82) is 0 Å². The summed E-state index contributed by atoms with van der Waals surface area (Å²) in [7, 11) is 0. The highest BCUT2D eigenvalue weighted by molar-refractivity contribution is 5.94. The molecule has 0 fully saturated rings. The van der Waals surface area contributed by atoms with Gasteiger partial charge in [0.1, 0.15) is 17.2 Å². The first kappa shape index (κ1) is 25.9. The van der Waals surface area contributed by atoms with Crippen molar-refractivity contribution < 1.29 is 14.3 Å². The number of carboxylic acid groups (broad SMARTS) is 1. The molecule has 0 aliphatic carbocycles. The number of aromatic carboxylic acids is 1. The van der Waals surface area contributed by atoms with Crippen molar-refractivity contribution in [3.8, 4) is 22.6 Å². The standard InChI is InChI=1S/C32H29N3O4/c1-17-14-25(20(4)34-27-9-7-6-8-24(27)32(37)38)31-26(15-17)29(36)19(3)30(39-31)23-12-10-22(11-13-23)28-16-18(2)33-21(5)35-28/h6-16,20,34H,1-5H3,(H,37,38)/t20-/m1/s1. The first-order chi connectivity index (χ1) is 18.6. The van der Waals surface area contributed by atoms with Gasteiger partial charge in [-0.25, -0.2) is 14.8 Å². The van der Waals surface area contributed by atoms with Gasteiger partial charge < -0.3 is 14.8 Å². The fraction of sp³-hybridized carbons (Fsp3) is 0.188. The summed E-state index contributed by atoms with van der Waals surface area (Å²) in [5, 5.41) is 13.4. The predicted molar refractivity (Wildman–Crippen MR) is 153 cm³/mol. The summed E-state index contributed by atoms with van der Waals surface area (Å²) in [6, 6.07) is 19.9. The van der Waals surface area contributed by atoms with Gasteiger partial charge in [0.25, 0.3) is 0 Å². The third-order valence-electron chi connectivity index (χ3n) is 6.80. The lowest BCUT2D eigenvalue weighted by molar-refractivity contribution is 0.0698. The van der Waals surface area contributed by atoms with E-state index in [1.165, 1.54) is 0 Å². The minimum Gasteiger partial charge on any atom is -0.478 e. The second kappa shape index (κ2) is 10.2. The molecule has 5 aromatic rings. The van der Waals surface area contributed by atoms with Crippen molar-refractivity contribution in [3.63, 3.8) is 0 Å². The molecule has 39 heavy (non-hydrogen) atoms. The van der Waals surface area contributed by atoms with Crippen LogP contribution in [-0.4, -0.2) is 21.0 Å². The summed E-state index contributed by atoms with van der Waals surface area (Å²) in [5.41, 5.74) is 6.71. The minimum atomic E-state index is -1.01. The van der Waals surface area contributed by atoms with E-state index < -0.39 is 5.97 Å². The van der Waals surface area contributed by atoms with Gasteiger partial charge in [0.2, 0.25) is 0 Å². The van der Waals surface area contributed by atoms with Crippen LogP contribution in [0.15, 0.2) is 75.9 Å². The minimum absolute atomic E-state index is 0.0968. The third kappa shape index (κ3) is 5.03. The molecule has 0 unspecified atom stereocenters. The summed E-state index contributed by atoms with van der Waals surface area (Å²) < 4.78 is 6.48. The van der Waals surface area contributed by atoms with Gasteiger partial charge in [-0.05, 0) is 64.4 Å². The number of para-hydroxylation sites is 1. The Balaban J connectivity index is 1.60. The van der Waals surface area contributed by atoms with E-state index in [9.17, 15) is 14.7 Å². The van der Waals surface area contributed by atoms with Crippen molar-refractivity contribution in [2.45, 2.75) is 40.7 Å². The van der Waals surface area contributed by atoms with E-state index in [1.807, 2.05) is 70.2 Å². The average Bonchev–Trinajstić information content (AvgIpc) is 2.90. The highest BCUT2D eigenvalue weighted by Crippen LogP contribution is 2.33. The maximum atomic E-state index is 13.5. The molecule has 0 aliphatic rings. The molecule has 196 valence electrons. The van der Waals surface area contributed by atoms with E-state index in [0.717, 1.165) is 33.6 Å². The highest BCUT2D eigenvalue weighted by atomic mass is 16.4. The van der Waals surface area contributed by atoms with E-state index in [1.54, 1.807) is 31.2 Å². The third-order valence-corrected chi connectivity index (χ3v) is 6.80. The molecule has 0 saturated heterocycles. The molecule has 1 atom stereocenters. The molecule has 5 rings (SSSR count). The van der Waals surface area contributed by atoms with Crippen LogP contribution in [0.3, 0.4) is 0 Å². The number of carboxylic acids is 1. The number of carbonyl (C=O) groups is 1. The predicted octanol–water partition coefficient (Wildman–Crippen LogP) is 7.02. The summed E-state index contributed by atoms with van der Waals surface area (Å²) in [6.45, 7) is 9.44. The number of anilines is 1. The van der Waals surface area contributed by atoms with Crippen molar-refractivity contribution in [2.24, 2.45) is 0 Å². The van der Waals surface area contributed by atoms with Gasteiger partial charge in [0, 0.05) is 33.6 Å². The molecule has 0 bridgehead atoms. The maximum absolute atomic E-state index is 13.5. The van der Waals surface area contributed by atoms with E-state index in [2.05, 4.69) is 15.3 Å². The topological polar surface area (TPSA) is 105 Å². The number of rotatable bonds is 6. The average molecular weight is 520 g/mol. The molecule has 0 radical (unpaired) electrons. The summed E-state index contributed by atoms with van der Waals surface area (Å²) in [6.07, 6.45) is 0. The Morgan fingerprint density at radius 2 is 1.62 bits per heavy atom. The fourth-order valence-electron chi connectivity index (χ4n) is 4.93. The van der Waals surface area contributed by atoms with E-state index in [-0.39, 0.29) is 17.0 Å². The monoisotopic (exact) mass is 519 g/mol. The molecular formula is C32H29N3O4. The molecule has 7 nitrogen and oxygen atoms in total. The van der Waals surface area contributed by atoms with Gasteiger partial charge in [-0.1, -0.05) is 42.5 Å². The SMILES string of the molecule is Cc1cc([C@@H](C)Nc2ccccc2C(=O)O)c2oc(-c3ccc(-c4cc(C)nc(C)n4)cc3)c(C)c(=O)c2c1. The highest BCUT2D eigenvalue weighted by Gasteiger charge is 2.20. The lowest BCUT2D eigenvalue weighted by atomic mass is 9.98. The normalized spacial score (nSPS) is 11.9. The molecule has 0 spiro atoms. The molecule has 2 N–H and O–H groups in total. The number of hydrogen-bond donors (Lipinski definition) is 2. The van der Waals surface area contributed by atoms with Crippen molar-refractivity contribution in [2.75, 3.05) is 5.32 Å². The number of aromatic nitrogens is 2. The molecule has 2 heterocycles. The van der Waals surface area contributed by atoms with Gasteiger partial charge in [0.05, 0.1) is 22.7 Å². The Kier molecular flexibility index (Phi) is 6.74. The first-order valence-electron chi connectivity index (χ1n) is 12.7. The summed E-state index contributed by atoms with van der Waals surface area (Å²) in [5.74, 6) is 0.193. The Morgan fingerprint density at radius 3 is 2.31 bits per heavy atom. The second-order valence-corrected chi connectivity index (χ2v) is 9.85. The second-order valence-electron chi connectivity index (χ2n) is 9.85. The van der Waals surface area contributed by atoms with Crippen molar-refractivity contribution >= 4 is 22.6 Å². The smallest absolute Gasteiger partial charge is 0.337 e. The van der Waals surface area contributed by atoms with Gasteiger partial charge in [-0.3, -0.25) is 4.79 Å². The Labute approximate surface area is 226 Å². The first-order valence-corrected chi connectivity index (χ1v) is 12.7. The van der Waals surface area contributed by atoms with Crippen LogP contribution in [0.2, 0.25) is 0 Å². The van der Waals surface area contributed by atoms with Crippen LogP contribution in [0.1, 0.15) is 51.5 Å². The van der Waals surface area contributed by atoms with E-state index in [0.29, 0.717) is 33.8 Å². The van der Waals surface area contributed by atoms with Gasteiger partial charge in [-0.15, -0.1) is 0 Å². The van der Waals surface area contributed by atoms with Crippen molar-refractivity contribution in [3.05, 3.63) is 111 Å². The largest absolute Gasteiger partial charge is 0.478 e. The van der Waals surface area contributed by atoms with Crippen LogP contribution < -0.4 is 10.7 Å². The summed E-state index contributed by atoms with van der Waals surface area (Å²) in [4.78, 5) is 34.2. The zero-order valence-electron chi connectivity index (χ0n) is 22.5. The maximum Gasteiger partial charge on any atom is 0.337 e. The fourth-order valence-corrected chi connectivity index (χ4v) is 4.93. The van der Waals surface area contributed by atoms with Crippen LogP contribution in [0.25, 0.3) is 33.6 Å². The van der Waals surface area contributed by atoms with Crippen LogP contribution >= 0.6 is 0 Å². The lowest BCUT2D eigenvalue weighted by Gasteiger charge is -2.20. The Bertz CT molecular complexity index is 1770. The van der Waals surface area contributed by atoms with Gasteiger partial charge in [0.15, 0.2) is 5.43 Å². The Morgan fingerprint density at radius 1 is 0.923 bits per heavy atom. The van der Waals surface area contributed by atoms with Crippen molar-refractivity contribution in [1.82, 2.24) is 9.97 Å². The van der Waals surface area contributed by atoms with Gasteiger partial charge >= 0.3 is 5.97 Å². The zero-order chi connectivity index (χ0) is 27.8. The molecular weight excluding hydrogens is 490 g/mol. The number of hydrogen-bond acceptors (Lipinski definition) is 6. The number of fused-ring (bicyclic) bond motifs is 1. The van der Waals surface area contributed by atoms with Crippen LogP contribution in [0.5, 0.6) is 0 Å². The molecule has 0 aliphatic heterocycles. The molecule has 0 saturated carbocycles. The molecule has 0 amide bonds. The number of nitrogens with one attached hydrogen (secondary N) is 1. The molecule has 2 aromatic heterocycles. The summed E-state index contributed by atoms with van der Waals surface area (Å²) >= 11 is 0. The number of nitrogens with zero attached hydrogens (tertiary/aromatic N) is 2. The van der Waals surface area contributed by atoms with Crippen LogP contribution in [-0.2, 0) is 0 Å². The van der Waals surface area contributed by atoms with Crippen LogP contribution in [0, 0.1) is 27.7 Å². The number of benzene rings is 3. The van der Waals surface area contributed by atoms with E-state index >= 15 is 0 Å². The number of aryl methyl sites for hydroxylation is 3. The zero-order valence-corrected chi connectivity index (χ0v) is 22.5. The van der Waals surface area contributed by atoms with Gasteiger partial charge in [-0.2, -0.15) is 0 Å². The lowest BCUT2D eigenvalue weighted by Crippen LogP contribution is -2.14. The molecule has 7 heteroatoms. The molecule has 3 aromatic carbocycles. The van der Waals surface area contributed by atoms with E-state index in [4.69, 9.17) is 4.42 Å². The Hall–Kier alpha value is -4.78. The van der Waals surface area contributed by atoms with Crippen LogP contribution in [0.4, 0.5) is 5.69 Å². The quantitative estimate of drug-likeness (QED) is 0.248.